The second-order valence-electron chi connectivity index (χ2n) is 2.63. The number of hydrogen-bond donors (Lipinski definition) is 2. The molecule has 5 nitrogen and oxygen atoms in total. The van der Waals surface area contributed by atoms with Crippen LogP contribution in [0.1, 0.15) is 13.3 Å². The van der Waals surface area contributed by atoms with Crippen molar-refractivity contribution in [1.29, 1.82) is 0 Å². The molecule has 0 bridgehead atoms. The maximum atomic E-state index is 11.0. The van der Waals surface area contributed by atoms with Gasteiger partial charge in [-0.3, -0.25) is 9.59 Å². The van der Waals surface area contributed by atoms with E-state index in [2.05, 4.69) is 22.2 Å². The number of hydrogen-bond acceptors (Lipinski definition) is 4. The molecule has 0 unspecified atom stereocenters. The molecule has 1 heterocycles. The first-order valence-electron chi connectivity index (χ1n) is 4.34. The van der Waals surface area contributed by atoms with Gasteiger partial charge in [-0.05, 0) is 6.08 Å². The molecule has 0 aromatic carbocycles. The minimum atomic E-state index is -0.325. The Hall–Kier alpha value is -1.69. The van der Waals surface area contributed by atoms with Gasteiger partial charge in [-0.25, -0.2) is 4.98 Å². The second-order valence-corrected chi connectivity index (χ2v) is 3.49. The zero-order chi connectivity index (χ0) is 11.3. The molecule has 6 heteroatoms. The molecule has 0 saturated carbocycles. The maximum absolute atomic E-state index is 11.0. The van der Waals surface area contributed by atoms with Crippen molar-refractivity contribution in [2.24, 2.45) is 0 Å². The number of carbonyl (C=O) groups is 2. The number of carbonyl (C=O) groups excluding carboxylic acids is 2. The minimum Gasteiger partial charge on any atom is -0.306 e. The van der Waals surface area contributed by atoms with Crippen LogP contribution in [0, 0.1) is 0 Å². The van der Waals surface area contributed by atoms with Crippen LogP contribution in [0.3, 0.4) is 0 Å². The molecule has 0 radical (unpaired) electrons. The zero-order valence-electron chi connectivity index (χ0n) is 8.24. The Morgan fingerprint density at radius 1 is 1.60 bits per heavy atom. The van der Waals surface area contributed by atoms with E-state index in [0.717, 1.165) is 6.08 Å². The van der Waals surface area contributed by atoms with Gasteiger partial charge in [0.1, 0.15) is 5.82 Å². The van der Waals surface area contributed by atoms with Crippen molar-refractivity contribution in [2.75, 3.05) is 10.6 Å². The largest absolute Gasteiger partial charge is 0.306 e. The molecule has 0 spiro atoms. The van der Waals surface area contributed by atoms with Gasteiger partial charge < -0.3 is 10.6 Å². The standard InChI is InChI=1S/C9H11N3O2S/c1-3-7(13)10-6-5-15-9(11-6)12-8(14)4-2/h3,5H,1,4H2,2H3,(H,10,13)(H,11,12,14). The molecule has 0 saturated heterocycles. The van der Waals surface area contributed by atoms with Gasteiger partial charge in [0, 0.05) is 11.8 Å². The third-order valence-electron chi connectivity index (χ3n) is 1.51. The van der Waals surface area contributed by atoms with Crippen LogP contribution in [0.4, 0.5) is 10.9 Å². The van der Waals surface area contributed by atoms with E-state index in [0.29, 0.717) is 17.4 Å². The van der Waals surface area contributed by atoms with E-state index in [1.54, 1.807) is 12.3 Å². The predicted octanol–water partition coefficient (Wildman–Crippen LogP) is 1.62. The van der Waals surface area contributed by atoms with Crippen LogP contribution < -0.4 is 10.6 Å². The lowest BCUT2D eigenvalue weighted by Gasteiger charge is -1.97. The smallest absolute Gasteiger partial charge is 0.248 e. The molecule has 1 aromatic heterocycles. The first-order chi connectivity index (χ1) is 7.15. The van der Waals surface area contributed by atoms with Crippen LogP contribution in [-0.2, 0) is 9.59 Å². The summed E-state index contributed by atoms with van der Waals surface area (Å²) in [4.78, 5) is 25.9. The quantitative estimate of drug-likeness (QED) is 0.765. The predicted molar refractivity (Wildman–Crippen MR) is 59.9 cm³/mol. The van der Waals surface area contributed by atoms with Gasteiger partial charge in [0.05, 0.1) is 0 Å². The van der Waals surface area contributed by atoms with Crippen LogP contribution in [0.2, 0.25) is 0 Å². The van der Waals surface area contributed by atoms with Gasteiger partial charge in [0.2, 0.25) is 11.8 Å². The van der Waals surface area contributed by atoms with Crippen molar-refractivity contribution >= 4 is 34.1 Å². The van der Waals surface area contributed by atoms with Crippen molar-refractivity contribution in [3.63, 3.8) is 0 Å². The summed E-state index contributed by atoms with van der Waals surface area (Å²) < 4.78 is 0. The van der Waals surface area contributed by atoms with E-state index >= 15 is 0 Å². The first-order valence-corrected chi connectivity index (χ1v) is 5.22. The van der Waals surface area contributed by atoms with Gasteiger partial charge in [-0.1, -0.05) is 13.5 Å². The summed E-state index contributed by atoms with van der Waals surface area (Å²) >= 11 is 1.25. The highest BCUT2D eigenvalue weighted by atomic mass is 32.1. The monoisotopic (exact) mass is 225 g/mol. The highest BCUT2D eigenvalue weighted by Crippen LogP contribution is 2.19. The van der Waals surface area contributed by atoms with Crippen molar-refractivity contribution < 1.29 is 9.59 Å². The van der Waals surface area contributed by atoms with Crippen LogP contribution >= 0.6 is 11.3 Å². The maximum Gasteiger partial charge on any atom is 0.248 e. The lowest BCUT2D eigenvalue weighted by atomic mass is 10.5. The molecular formula is C9H11N3O2S. The van der Waals surface area contributed by atoms with Crippen LogP contribution in [-0.4, -0.2) is 16.8 Å². The summed E-state index contributed by atoms with van der Waals surface area (Å²) in [5, 5.41) is 7.21. The Labute approximate surface area is 91.2 Å². The Bertz CT molecular complexity index is 386. The van der Waals surface area contributed by atoms with E-state index in [4.69, 9.17) is 0 Å². The fourth-order valence-electron chi connectivity index (χ4n) is 0.773. The van der Waals surface area contributed by atoms with E-state index in [-0.39, 0.29) is 11.8 Å². The molecule has 2 N–H and O–H groups in total. The number of nitrogens with one attached hydrogen (secondary N) is 2. The number of aromatic nitrogens is 1. The molecular weight excluding hydrogens is 214 g/mol. The number of rotatable bonds is 4. The topological polar surface area (TPSA) is 71.1 Å². The number of anilines is 2. The summed E-state index contributed by atoms with van der Waals surface area (Å²) in [7, 11) is 0. The van der Waals surface area contributed by atoms with E-state index < -0.39 is 0 Å². The molecule has 15 heavy (non-hydrogen) atoms. The van der Waals surface area contributed by atoms with Crippen molar-refractivity contribution in [3.05, 3.63) is 18.0 Å². The van der Waals surface area contributed by atoms with Crippen molar-refractivity contribution in [2.45, 2.75) is 13.3 Å². The number of thiazole rings is 1. The Morgan fingerprint density at radius 2 is 2.33 bits per heavy atom. The van der Waals surface area contributed by atoms with E-state index in [1.165, 1.54) is 11.3 Å². The van der Waals surface area contributed by atoms with Crippen molar-refractivity contribution in [3.8, 4) is 0 Å². The fraction of sp³-hybridized carbons (Fsp3) is 0.222. The SMILES string of the molecule is C=CC(=O)Nc1csc(NC(=O)CC)n1. The van der Waals surface area contributed by atoms with E-state index in [1.807, 2.05) is 0 Å². The molecule has 0 atom stereocenters. The Morgan fingerprint density at radius 3 is 2.93 bits per heavy atom. The van der Waals surface area contributed by atoms with Gasteiger partial charge in [0.15, 0.2) is 5.13 Å². The van der Waals surface area contributed by atoms with Crippen LogP contribution in [0.15, 0.2) is 18.0 Å². The Kier molecular flexibility index (Phi) is 3.99. The molecule has 1 rings (SSSR count). The summed E-state index contributed by atoms with van der Waals surface area (Å²) in [5.74, 6) is -0.0177. The van der Waals surface area contributed by atoms with Gasteiger partial charge in [0.25, 0.3) is 0 Å². The zero-order valence-corrected chi connectivity index (χ0v) is 9.06. The van der Waals surface area contributed by atoms with Crippen LogP contribution in [0.5, 0.6) is 0 Å². The molecule has 0 fully saturated rings. The number of nitrogens with zero attached hydrogens (tertiary/aromatic N) is 1. The Balaban J connectivity index is 2.60. The normalized spacial score (nSPS) is 9.40. The summed E-state index contributed by atoms with van der Waals surface area (Å²) in [5.41, 5.74) is 0. The van der Waals surface area contributed by atoms with Crippen molar-refractivity contribution in [1.82, 2.24) is 4.98 Å². The minimum absolute atomic E-state index is 0.106. The molecule has 0 aliphatic heterocycles. The molecule has 80 valence electrons. The first kappa shape index (κ1) is 11.4. The third-order valence-corrected chi connectivity index (χ3v) is 2.27. The molecule has 2 amide bonds. The number of amides is 2. The van der Waals surface area contributed by atoms with Gasteiger partial charge in [-0.2, -0.15) is 0 Å². The fourth-order valence-corrected chi connectivity index (χ4v) is 1.43. The lowest BCUT2D eigenvalue weighted by Crippen LogP contribution is -2.10. The average Bonchev–Trinajstić information content (AvgIpc) is 2.65. The van der Waals surface area contributed by atoms with Gasteiger partial charge in [-0.15, -0.1) is 11.3 Å². The lowest BCUT2D eigenvalue weighted by molar-refractivity contribution is -0.116. The van der Waals surface area contributed by atoms with E-state index in [9.17, 15) is 9.59 Å². The highest BCUT2D eigenvalue weighted by molar-refractivity contribution is 7.14. The summed E-state index contributed by atoms with van der Waals surface area (Å²) in [6.45, 7) is 5.07. The van der Waals surface area contributed by atoms with Gasteiger partial charge >= 0.3 is 0 Å². The highest BCUT2D eigenvalue weighted by Gasteiger charge is 2.05. The van der Waals surface area contributed by atoms with Crippen LogP contribution in [0.25, 0.3) is 0 Å². The molecule has 1 aromatic rings. The molecule has 0 aliphatic rings. The molecule has 0 aliphatic carbocycles. The third kappa shape index (κ3) is 3.51. The second kappa shape index (κ2) is 5.26. The summed E-state index contributed by atoms with van der Waals surface area (Å²) in [6.07, 6.45) is 1.55. The average molecular weight is 225 g/mol. The summed E-state index contributed by atoms with van der Waals surface area (Å²) in [6, 6.07) is 0.